The van der Waals surface area contributed by atoms with Crippen molar-refractivity contribution in [3.8, 4) is 0 Å². The largest absolute Gasteiger partial charge is 0.382 e. The second-order valence-corrected chi connectivity index (χ2v) is 5.27. The summed E-state index contributed by atoms with van der Waals surface area (Å²) in [5, 5.41) is 8.30. The van der Waals surface area contributed by atoms with Crippen molar-refractivity contribution in [2.45, 2.75) is 12.5 Å². The predicted octanol–water partition coefficient (Wildman–Crippen LogP) is 0.540. The van der Waals surface area contributed by atoms with Crippen LogP contribution < -0.4 is 0 Å². The molecule has 112 valence electrons. The Bertz CT molecular complexity index is 660. The smallest absolute Gasteiger partial charge is 0.271 e. The maximum Gasteiger partial charge on any atom is 0.271 e. The van der Waals surface area contributed by atoms with Gasteiger partial charge in [-0.1, -0.05) is 5.21 Å². The number of aryl methyl sites for hydroxylation is 2. The summed E-state index contributed by atoms with van der Waals surface area (Å²) in [6.45, 7) is 1.06. The number of carbonyl (C=O) groups excluding carboxylic acids is 1. The van der Waals surface area contributed by atoms with Gasteiger partial charge in [-0.15, -0.1) is 5.10 Å². The molecule has 1 atom stereocenters. The molecule has 0 aromatic carbocycles. The van der Waals surface area contributed by atoms with Crippen molar-refractivity contribution in [2.75, 3.05) is 20.3 Å². The molecular formula is C14H19N5O2. The van der Waals surface area contributed by atoms with Gasteiger partial charge in [-0.05, 0) is 12.1 Å². The first-order valence-electron chi connectivity index (χ1n) is 6.93. The molecule has 1 aliphatic heterocycles. The highest BCUT2D eigenvalue weighted by atomic mass is 16.5. The lowest BCUT2D eigenvalue weighted by atomic mass is 10.0. The predicted molar refractivity (Wildman–Crippen MR) is 75.8 cm³/mol. The summed E-state index contributed by atoms with van der Waals surface area (Å²) in [6.07, 6.45) is 2.63. The summed E-state index contributed by atoms with van der Waals surface area (Å²) < 4.78 is 8.91. The number of carbonyl (C=O) groups is 1. The maximum atomic E-state index is 12.8. The summed E-state index contributed by atoms with van der Waals surface area (Å²) in [5.41, 5.74) is 2.59. The van der Waals surface area contributed by atoms with E-state index in [1.807, 2.05) is 41.9 Å². The lowest BCUT2D eigenvalue weighted by molar-refractivity contribution is 0.0482. The zero-order valence-electron chi connectivity index (χ0n) is 12.5. The van der Waals surface area contributed by atoms with E-state index in [0.717, 1.165) is 17.8 Å². The minimum atomic E-state index is -0.185. The quantitative estimate of drug-likeness (QED) is 0.827. The Morgan fingerprint density at radius 1 is 1.48 bits per heavy atom. The highest BCUT2D eigenvalue weighted by Crippen LogP contribution is 2.29. The Labute approximate surface area is 123 Å². The molecule has 3 rings (SSSR count). The molecule has 0 spiro atoms. The molecule has 3 heterocycles. The number of amides is 1. The molecule has 7 nitrogen and oxygen atoms in total. The van der Waals surface area contributed by atoms with Crippen molar-refractivity contribution in [3.63, 3.8) is 0 Å². The van der Waals surface area contributed by atoms with Gasteiger partial charge < -0.3 is 14.2 Å². The molecule has 0 N–H and O–H groups in total. The fourth-order valence-electron chi connectivity index (χ4n) is 2.87. The number of ether oxygens (including phenoxy) is 1. The Morgan fingerprint density at radius 2 is 2.29 bits per heavy atom. The van der Waals surface area contributed by atoms with Gasteiger partial charge in [0.25, 0.3) is 5.91 Å². The summed E-state index contributed by atoms with van der Waals surface area (Å²) in [4.78, 5) is 14.6. The second kappa shape index (κ2) is 5.33. The number of fused-ring (bicyclic) bond motifs is 1. The Balaban J connectivity index is 1.95. The third-order valence-corrected chi connectivity index (χ3v) is 4.00. The number of hydrogen-bond acceptors (Lipinski definition) is 4. The van der Waals surface area contributed by atoms with Crippen LogP contribution in [0, 0.1) is 0 Å². The van der Waals surface area contributed by atoms with E-state index in [9.17, 15) is 4.79 Å². The maximum absolute atomic E-state index is 12.8. The fourth-order valence-corrected chi connectivity index (χ4v) is 2.87. The van der Waals surface area contributed by atoms with Crippen LogP contribution in [0.1, 0.15) is 27.9 Å². The van der Waals surface area contributed by atoms with Gasteiger partial charge in [0, 0.05) is 40.4 Å². The standard InChI is InChI=1S/C14H19N5O2/c1-17-7-4-5-11(17)14(20)19-8-6-10-13(12(19)9-21-3)15-16-18(10)2/h4-5,7,12H,6,8-9H2,1-3H3. The molecule has 2 aromatic rings. The van der Waals surface area contributed by atoms with Gasteiger partial charge in [-0.3, -0.25) is 9.48 Å². The fraction of sp³-hybridized carbons (Fsp3) is 0.500. The van der Waals surface area contributed by atoms with Crippen molar-refractivity contribution in [2.24, 2.45) is 14.1 Å². The molecule has 0 saturated heterocycles. The monoisotopic (exact) mass is 289 g/mol. The topological polar surface area (TPSA) is 65.2 Å². The zero-order chi connectivity index (χ0) is 15.0. The van der Waals surface area contributed by atoms with Gasteiger partial charge in [0.05, 0.1) is 12.3 Å². The van der Waals surface area contributed by atoms with Crippen molar-refractivity contribution < 1.29 is 9.53 Å². The van der Waals surface area contributed by atoms with Crippen LogP contribution in [0.4, 0.5) is 0 Å². The van der Waals surface area contributed by atoms with Crippen LogP contribution in [0.2, 0.25) is 0 Å². The van der Waals surface area contributed by atoms with Crippen LogP contribution in [0.3, 0.4) is 0 Å². The van der Waals surface area contributed by atoms with Crippen molar-refractivity contribution in [1.29, 1.82) is 0 Å². The van der Waals surface area contributed by atoms with Crippen LogP contribution >= 0.6 is 0 Å². The number of aromatic nitrogens is 4. The normalized spacial score (nSPS) is 17.9. The lowest BCUT2D eigenvalue weighted by Gasteiger charge is -2.34. The molecule has 1 aliphatic rings. The Morgan fingerprint density at radius 3 is 2.95 bits per heavy atom. The summed E-state index contributed by atoms with van der Waals surface area (Å²) in [7, 11) is 5.39. The third-order valence-electron chi connectivity index (χ3n) is 4.00. The van der Waals surface area contributed by atoms with E-state index in [1.165, 1.54) is 0 Å². The van der Waals surface area contributed by atoms with E-state index >= 15 is 0 Å². The van der Waals surface area contributed by atoms with Gasteiger partial charge in [0.1, 0.15) is 17.4 Å². The number of rotatable bonds is 3. The van der Waals surface area contributed by atoms with E-state index in [4.69, 9.17) is 4.74 Å². The number of hydrogen-bond donors (Lipinski definition) is 0. The first-order chi connectivity index (χ1) is 10.1. The Hall–Kier alpha value is -2.15. The van der Waals surface area contributed by atoms with Gasteiger partial charge in [-0.25, -0.2) is 0 Å². The second-order valence-electron chi connectivity index (χ2n) is 5.27. The molecule has 0 saturated carbocycles. The first-order valence-corrected chi connectivity index (χ1v) is 6.93. The van der Waals surface area contributed by atoms with E-state index in [0.29, 0.717) is 18.8 Å². The molecule has 21 heavy (non-hydrogen) atoms. The van der Waals surface area contributed by atoms with Crippen LogP contribution in [0.15, 0.2) is 18.3 Å². The molecular weight excluding hydrogens is 270 g/mol. The molecule has 1 amide bonds. The molecule has 0 fully saturated rings. The van der Waals surface area contributed by atoms with Gasteiger partial charge in [-0.2, -0.15) is 0 Å². The van der Waals surface area contributed by atoms with Gasteiger partial charge >= 0.3 is 0 Å². The summed E-state index contributed by atoms with van der Waals surface area (Å²) >= 11 is 0. The minimum Gasteiger partial charge on any atom is -0.382 e. The molecule has 1 unspecified atom stereocenters. The summed E-state index contributed by atoms with van der Waals surface area (Å²) in [5.74, 6) is 0.000790. The molecule has 0 aliphatic carbocycles. The molecule has 2 aromatic heterocycles. The van der Waals surface area contributed by atoms with Gasteiger partial charge in [0.2, 0.25) is 0 Å². The van der Waals surface area contributed by atoms with Crippen molar-refractivity contribution >= 4 is 5.91 Å². The molecule has 0 bridgehead atoms. The van der Waals surface area contributed by atoms with Crippen molar-refractivity contribution in [1.82, 2.24) is 24.5 Å². The zero-order valence-corrected chi connectivity index (χ0v) is 12.5. The third kappa shape index (κ3) is 2.23. The van der Waals surface area contributed by atoms with Crippen LogP contribution in [-0.2, 0) is 25.3 Å². The van der Waals surface area contributed by atoms with Gasteiger partial charge in [0.15, 0.2) is 0 Å². The summed E-state index contributed by atoms with van der Waals surface area (Å²) in [6, 6.07) is 3.52. The average molecular weight is 289 g/mol. The van der Waals surface area contributed by atoms with E-state index in [-0.39, 0.29) is 11.9 Å². The van der Waals surface area contributed by atoms with E-state index in [2.05, 4.69) is 10.3 Å². The lowest BCUT2D eigenvalue weighted by Crippen LogP contribution is -2.43. The highest BCUT2D eigenvalue weighted by Gasteiger charge is 2.35. The van der Waals surface area contributed by atoms with Crippen molar-refractivity contribution in [3.05, 3.63) is 35.4 Å². The average Bonchev–Trinajstić information content (AvgIpc) is 3.06. The first kappa shape index (κ1) is 13.8. The molecule has 7 heteroatoms. The van der Waals surface area contributed by atoms with E-state index < -0.39 is 0 Å². The Kier molecular flexibility index (Phi) is 3.50. The van der Waals surface area contributed by atoms with Crippen LogP contribution in [0.25, 0.3) is 0 Å². The number of methoxy groups -OCH3 is 1. The van der Waals surface area contributed by atoms with E-state index in [1.54, 1.807) is 11.8 Å². The number of nitrogens with zero attached hydrogens (tertiary/aromatic N) is 5. The molecule has 0 radical (unpaired) electrons. The van der Waals surface area contributed by atoms with Crippen LogP contribution in [0.5, 0.6) is 0 Å². The SMILES string of the molecule is COCC1c2nnn(C)c2CCN1C(=O)c1cccn1C. The highest BCUT2D eigenvalue weighted by molar-refractivity contribution is 5.93. The minimum absolute atomic E-state index is 0.000790. The van der Waals surface area contributed by atoms with Crippen LogP contribution in [-0.4, -0.2) is 50.6 Å².